The first kappa shape index (κ1) is 10.0. The number of alkyl halides is 4. The lowest BCUT2D eigenvalue weighted by atomic mass is 10.2. The van der Waals surface area contributed by atoms with Crippen molar-refractivity contribution in [1.29, 1.82) is 0 Å². The molecule has 0 aromatic carbocycles. The van der Waals surface area contributed by atoms with Crippen LogP contribution in [0.2, 0.25) is 0 Å². The van der Waals surface area contributed by atoms with Crippen molar-refractivity contribution in [2.45, 2.75) is 19.5 Å². The molecule has 0 nitrogen and oxygen atoms in total. The second kappa shape index (κ2) is 4.01. The topological polar surface area (TPSA) is 0 Å². The van der Waals surface area contributed by atoms with Gasteiger partial charge < -0.3 is 0 Å². The van der Waals surface area contributed by atoms with Gasteiger partial charge in [0.15, 0.2) is 0 Å². The van der Waals surface area contributed by atoms with E-state index in [0.29, 0.717) is 11.8 Å². The normalized spacial score (nSPS) is 13.9. The van der Waals surface area contributed by atoms with Crippen LogP contribution in [-0.4, -0.2) is 11.5 Å². The summed E-state index contributed by atoms with van der Waals surface area (Å²) < 4.78 is 35.1. The minimum Gasteiger partial charge on any atom is -0.167 e. The molecule has 0 unspecified atom stereocenters. The third kappa shape index (κ3) is 3.93. The van der Waals surface area contributed by atoms with Crippen LogP contribution in [0.4, 0.5) is 13.2 Å². The Labute approximate surface area is 66.2 Å². The van der Waals surface area contributed by atoms with Crippen LogP contribution >= 0.6 is 15.9 Å². The molecule has 0 saturated heterocycles. The van der Waals surface area contributed by atoms with Gasteiger partial charge in [0.25, 0.3) is 0 Å². The maximum Gasteiger partial charge on any atom is 0.412 e. The van der Waals surface area contributed by atoms with Gasteiger partial charge in [0, 0.05) is 10.9 Å². The SMILES string of the molecule is CC(=CCCBr)C(F)(F)F. The summed E-state index contributed by atoms with van der Waals surface area (Å²) in [6, 6.07) is 0. The average molecular weight is 217 g/mol. The Bertz CT molecular complexity index is 125. The largest absolute Gasteiger partial charge is 0.412 e. The third-order valence-corrected chi connectivity index (χ3v) is 1.46. The van der Waals surface area contributed by atoms with Gasteiger partial charge in [-0.15, -0.1) is 0 Å². The van der Waals surface area contributed by atoms with E-state index < -0.39 is 11.7 Å². The molecule has 0 atom stereocenters. The molecule has 0 radical (unpaired) electrons. The van der Waals surface area contributed by atoms with E-state index in [1.807, 2.05) is 0 Å². The molecule has 0 aromatic heterocycles. The Balaban J connectivity index is 3.93. The molecule has 10 heavy (non-hydrogen) atoms. The highest BCUT2D eigenvalue weighted by atomic mass is 79.9. The second-order valence-electron chi connectivity index (χ2n) is 1.86. The van der Waals surface area contributed by atoms with Crippen LogP contribution in [0.3, 0.4) is 0 Å². The minimum absolute atomic E-state index is 0.422. The zero-order valence-electron chi connectivity index (χ0n) is 5.50. The van der Waals surface area contributed by atoms with Crippen molar-refractivity contribution in [1.82, 2.24) is 0 Å². The van der Waals surface area contributed by atoms with E-state index in [1.165, 1.54) is 6.08 Å². The quantitative estimate of drug-likeness (QED) is 0.491. The zero-order valence-corrected chi connectivity index (χ0v) is 7.09. The van der Waals surface area contributed by atoms with Crippen LogP contribution in [0.5, 0.6) is 0 Å². The number of hydrogen-bond donors (Lipinski definition) is 0. The fraction of sp³-hybridized carbons (Fsp3) is 0.667. The summed E-state index contributed by atoms with van der Waals surface area (Å²) in [6.07, 6.45) is -2.55. The lowest BCUT2D eigenvalue weighted by Crippen LogP contribution is -2.08. The predicted octanol–water partition coefficient (Wildman–Crippen LogP) is 3.28. The van der Waals surface area contributed by atoms with E-state index in [9.17, 15) is 13.2 Å². The van der Waals surface area contributed by atoms with Crippen LogP contribution < -0.4 is 0 Å². The van der Waals surface area contributed by atoms with E-state index in [1.54, 1.807) is 0 Å². The third-order valence-electron chi connectivity index (χ3n) is 1.01. The smallest absolute Gasteiger partial charge is 0.167 e. The number of hydrogen-bond acceptors (Lipinski definition) is 0. The number of rotatable bonds is 2. The van der Waals surface area contributed by atoms with Gasteiger partial charge in [-0.05, 0) is 13.3 Å². The number of halogens is 4. The van der Waals surface area contributed by atoms with Crippen molar-refractivity contribution in [2.75, 3.05) is 5.33 Å². The highest BCUT2D eigenvalue weighted by Gasteiger charge is 2.29. The molecule has 0 heterocycles. The van der Waals surface area contributed by atoms with Crippen LogP contribution in [0, 0.1) is 0 Å². The first-order valence-corrected chi connectivity index (χ1v) is 3.90. The summed E-state index contributed by atoms with van der Waals surface area (Å²) in [7, 11) is 0. The van der Waals surface area contributed by atoms with Crippen molar-refractivity contribution in [3.63, 3.8) is 0 Å². The highest BCUT2D eigenvalue weighted by Crippen LogP contribution is 2.24. The van der Waals surface area contributed by atoms with Crippen molar-refractivity contribution in [3.8, 4) is 0 Å². The van der Waals surface area contributed by atoms with Gasteiger partial charge in [-0.3, -0.25) is 0 Å². The van der Waals surface area contributed by atoms with Gasteiger partial charge in [-0.2, -0.15) is 13.2 Å². The average Bonchev–Trinajstić information content (AvgIpc) is 1.80. The summed E-state index contributed by atoms with van der Waals surface area (Å²) in [5.41, 5.74) is -0.521. The fourth-order valence-electron chi connectivity index (χ4n) is 0.387. The van der Waals surface area contributed by atoms with Crippen molar-refractivity contribution in [3.05, 3.63) is 11.6 Å². The monoisotopic (exact) mass is 216 g/mol. The molecule has 0 aliphatic rings. The number of allylic oxidation sites excluding steroid dienone is 2. The molecule has 0 spiro atoms. The molecular formula is C6H8BrF3. The van der Waals surface area contributed by atoms with Crippen LogP contribution in [0.1, 0.15) is 13.3 Å². The van der Waals surface area contributed by atoms with E-state index in [2.05, 4.69) is 15.9 Å². The maximum atomic E-state index is 11.7. The van der Waals surface area contributed by atoms with Gasteiger partial charge in [0.1, 0.15) is 0 Å². The molecule has 4 heteroatoms. The molecular weight excluding hydrogens is 209 g/mol. The molecule has 0 saturated carbocycles. The minimum atomic E-state index is -4.15. The first-order chi connectivity index (χ1) is 4.48. The second-order valence-corrected chi connectivity index (χ2v) is 2.66. The molecule has 60 valence electrons. The molecule has 0 fully saturated rings. The molecule has 0 aliphatic carbocycles. The maximum absolute atomic E-state index is 11.7. The molecule has 0 rings (SSSR count). The first-order valence-electron chi connectivity index (χ1n) is 2.78. The zero-order chi connectivity index (χ0) is 8.20. The van der Waals surface area contributed by atoms with E-state index in [4.69, 9.17) is 0 Å². The Morgan fingerprint density at radius 2 is 2.00 bits per heavy atom. The van der Waals surface area contributed by atoms with Gasteiger partial charge >= 0.3 is 6.18 Å². The van der Waals surface area contributed by atoms with E-state index in [0.717, 1.165) is 6.92 Å². The lowest BCUT2D eigenvalue weighted by Gasteiger charge is -2.04. The summed E-state index contributed by atoms with van der Waals surface area (Å²) in [5.74, 6) is 0. The fourth-order valence-corrected chi connectivity index (χ4v) is 0.616. The summed E-state index contributed by atoms with van der Waals surface area (Å²) in [4.78, 5) is 0. The van der Waals surface area contributed by atoms with Gasteiger partial charge in [-0.1, -0.05) is 22.0 Å². The van der Waals surface area contributed by atoms with Gasteiger partial charge in [0.2, 0.25) is 0 Å². The van der Waals surface area contributed by atoms with E-state index >= 15 is 0 Å². The molecule has 0 bridgehead atoms. The summed E-state index contributed by atoms with van der Waals surface area (Å²) in [5, 5.41) is 0.570. The highest BCUT2D eigenvalue weighted by molar-refractivity contribution is 9.09. The van der Waals surface area contributed by atoms with Crippen LogP contribution in [0.25, 0.3) is 0 Å². The van der Waals surface area contributed by atoms with Gasteiger partial charge in [0.05, 0.1) is 0 Å². The summed E-state index contributed by atoms with van der Waals surface area (Å²) >= 11 is 3.03. The standard InChI is InChI=1S/C6H8BrF3/c1-5(3-2-4-7)6(8,9)10/h3H,2,4H2,1H3. The predicted molar refractivity (Wildman–Crippen MR) is 38.2 cm³/mol. The Morgan fingerprint density at radius 3 is 2.30 bits per heavy atom. The Morgan fingerprint density at radius 1 is 1.50 bits per heavy atom. The van der Waals surface area contributed by atoms with E-state index in [-0.39, 0.29) is 0 Å². The van der Waals surface area contributed by atoms with Crippen molar-refractivity contribution < 1.29 is 13.2 Å². The molecule has 0 aromatic rings. The lowest BCUT2D eigenvalue weighted by molar-refractivity contribution is -0.0915. The molecule has 0 N–H and O–H groups in total. The molecule has 0 amide bonds. The van der Waals surface area contributed by atoms with Crippen molar-refractivity contribution in [2.24, 2.45) is 0 Å². The Kier molecular flexibility index (Phi) is 4.01. The van der Waals surface area contributed by atoms with Crippen molar-refractivity contribution >= 4 is 15.9 Å². The van der Waals surface area contributed by atoms with Crippen LogP contribution in [-0.2, 0) is 0 Å². The summed E-state index contributed by atoms with van der Waals surface area (Å²) in [6.45, 7) is 1.07. The van der Waals surface area contributed by atoms with Crippen LogP contribution in [0.15, 0.2) is 11.6 Å². The molecule has 0 aliphatic heterocycles. The Hall–Kier alpha value is 0.01000. The van der Waals surface area contributed by atoms with Gasteiger partial charge in [-0.25, -0.2) is 0 Å².